The molecule has 0 saturated carbocycles. The van der Waals surface area contributed by atoms with Crippen molar-refractivity contribution in [2.75, 3.05) is 0 Å². The van der Waals surface area contributed by atoms with Gasteiger partial charge in [-0.25, -0.2) is 0 Å². The maximum atomic E-state index is 10.5. The van der Waals surface area contributed by atoms with E-state index in [2.05, 4.69) is 0 Å². The molecule has 54 valence electrons. The average molecular weight is 224 g/mol. The third kappa shape index (κ3) is 1.64. The second kappa shape index (κ2) is 3.26. The molecule has 0 bridgehead atoms. The second-order valence-corrected chi connectivity index (χ2v) is 4.06. The molecule has 0 saturated heterocycles. The average Bonchev–Trinajstić information content (AvgIpc) is 1.88. The molecule has 0 aliphatic carbocycles. The van der Waals surface area contributed by atoms with E-state index >= 15 is 0 Å². The Balaban J connectivity index is 3.15. The van der Waals surface area contributed by atoms with Crippen LogP contribution in [0.3, 0.4) is 0 Å². The van der Waals surface area contributed by atoms with Crippen molar-refractivity contribution in [2.45, 2.75) is 0 Å². The molecule has 2 nitrogen and oxygen atoms in total. The van der Waals surface area contributed by atoms with Crippen molar-refractivity contribution < 1.29 is 8.02 Å². The van der Waals surface area contributed by atoms with Gasteiger partial charge in [0.05, 0.1) is 0 Å². The summed E-state index contributed by atoms with van der Waals surface area (Å²) in [6.45, 7) is 0. The van der Waals surface area contributed by atoms with Crippen molar-refractivity contribution in [3.8, 4) is 0 Å². The molecule has 0 aromatic heterocycles. The number of benzene rings is 1. The molecule has 0 aliphatic heterocycles. The molecular weight excluding hydrogens is 218 g/mol. The SMILES string of the molecule is O=[Se](O)c1ccccc1Cl. The normalized spacial score (nSPS) is 13.0. The topological polar surface area (TPSA) is 37.3 Å². The first kappa shape index (κ1) is 7.89. The van der Waals surface area contributed by atoms with E-state index in [0.29, 0.717) is 9.48 Å². The third-order valence-electron chi connectivity index (χ3n) is 1.02. The predicted octanol–water partition coefficient (Wildman–Crippen LogP) is 0.458. The van der Waals surface area contributed by atoms with Crippen LogP contribution in [0, 0.1) is 0 Å². The van der Waals surface area contributed by atoms with Crippen LogP contribution >= 0.6 is 11.6 Å². The van der Waals surface area contributed by atoms with Gasteiger partial charge >= 0.3 is 67.5 Å². The summed E-state index contributed by atoms with van der Waals surface area (Å²) in [5, 5.41) is 0.366. The third-order valence-corrected chi connectivity index (χ3v) is 3.14. The predicted molar refractivity (Wildman–Crippen MR) is 39.7 cm³/mol. The summed E-state index contributed by atoms with van der Waals surface area (Å²) in [4.78, 5) is 0. The van der Waals surface area contributed by atoms with Crippen molar-refractivity contribution in [3.63, 3.8) is 0 Å². The Kier molecular flexibility index (Phi) is 2.57. The van der Waals surface area contributed by atoms with Gasteiger partial charge in [-0.15, -0.1) is 0 Å². The Hall–Kier alpha value is -0.211. The minimum atomic E-state index is -2.83. The first-order valence-corrected chi connectivity index (χ1v) is 5.27. The Morgan fingerprint density at radius 2 is 2.00 bits per heavy atom. The van der Waals surface area contributed by atoms with Gasteiger partial charge in [0, 0.05) is 0 Å². The van der Waals surface area contributed by atoms with Crippen LogP contribution in [-0.4, -0.2) is 18.4 Å². The Morgan fingerprint density at radius 3 is 2.40 bits per heavy atom. The Morgan fingerprint density at radius 1 is 1.40 bits per heavy atom. The summed E-state index contributed by atoms with van der Waals surface area (Å²) >= 11 is 2.76. The molecule has 0 amide bonds. The zero-order valence-corrected chi connectivity index (χ0v) is 7.42. The van der Waals surface area contributed by atoms with Crippen LogP contribution in [-0.2, 0) is 3.83 Å². The van der Waals surface area contributed by atoms with E-state index in [1.807, 2.05) is 0 Å². The van der Waals surface area contributed by atoms with Gasteiger partial charge in [0.15, 0.2) is 0 Å². The van der Waals surface area contributed by atoms with Crippen molar-refractivity contribution in [1.82, 2.24) is 0 Å². The van der Waals surface area contributed by atoms with Crippen LogP contribution in [0.1, 0.15) is 0 Å². The van der Waals surface area contributed by atoms with E-state index in [4.69, 9.17) is 15.8 Å². The molecule has 0 aliphatic rings. The molecule has 10 heavy (non-hydrogen) atoms. The standard InChI is InChI=1S/C6H5ClO2Se/c7-5-3-1-2-4-6(5)10(8)9/h1-4H,(H,8,9). The summed E-state index contributed by atoms with van der Waals surface area (Å²) in [5.74, 6) is 0. The van der Waals surface area contributed by atoms with Crippen molar-refractivity contribution >= 4 is 30.2 Å². The summed E-state index contributed by atoms with van der Waals surface area (Å²) in [6, 6.07) is 6.56. The first-order chi connectivity index (χ1) is 4.72. The second-order valence-electron chi connectivity index (χ2n) is 1.68. The first-order valence-electron chi connectivity index (χ1n) is 2.57. The minimum absolute atomic E-state index is 0.351. The van der Waals surface area contributed by atoms with Crippen molar-refractivity contribution in [1.29, 1.82) is 0 Å². The van der Waals surface area contributed by atoms with Crippen LogP contribution in [0.25, 0.3) is 0 Å². The molecule has 0 fully saturated rings. The molecule has 0 heterocycles. The summed E-state index contributed by atoms with van der Waals surface area (Å²) < 4.78 is 19.6. The monoisotopic (exact) mass is 224 g/mol. The quantitative estimate of drug-likeness (QED) is 0.703. The van der Waals surface area contributed by atoms with Gasteiger partial charge in [0.25, 0.3) is 0 Å². The number of hydrogen-bond acceptors (Lipinski definition) is 1. The fourth-order valence-corrected chi connectivity index (χ4v) is 1.97. The van der Waals surface area contributed by atoms with Crippen molar-refractivity contribution in [3.05, 3.63) is 29.3 Å². The van der Waals surface area contributed by atoms with Gasteiger partial charge < -0.3 is 0 Å². The Labute approximate surface area is 67.9 Å². The molecule has 1 aromatic rings. The summed E-state index contributed by atoms with van der Waals surface area (Å²) in [6.07, 6.45) is 0. The van der Waals surface area contributed by atoms with Crippen LogP contribution in [0.5, 0.6) is 0 Å². The molecule has 1 aromatic carbocycles. The molecule has 1 unspecified atom stereocenters. The van der Waals surface area contributed by atoms with E-state index in [0.717, 1.165) is 0 Å². The molecule has 0 spiro atoms. The van der Waals surface area contributed by atoms with E-state index in [1.165, 1.54) is 0 Å². The maximum absolute atomic E-state index is 10.5. The van der Waals surface area contributed by atoms with Crippen LogP contribution < -0.4 is 4.46 Å². The fraction of sp³-hybridized carbons (Fsp3) is 0. The van der Waals surface area contributed by atoms with E-state index < -0.39 is 14.2 Å². The van der Waals surface area contributed by atoms with Gasteiger partial charge in [-0.1, -0.05) is 0 Å². The van der Waals surface area contributed by atoms with Gasteiger partial charge in [-0.2, -0.15) is 0 Å². The molecular formula is C6H5ClO2Se. The molecule has 1 N–H and O–H groups in total. The molecule has 1 rings (SSSR count). The van der Waals surface area contributed by atoms with Gasteiger partial charge in [-0.05, 0) is 0 Å². The summed E-state index contributed by atoms with van der Waals surface area (Å²) in [7, 11) is 0. The number of rotatable bonds is 1. The van der Waals surface area contributed by atoms with Gasteiger partial charge in [0.1, 0.15) is 0 Å². The van der Waals surface area contributed by atoms with Crippen LogP contribution in [0.2, 0.25) is 5.02 Å². The molecule has 1 atom stereocenters. The molecule has 0 radical (unpaired) electrons. The van der Waals surface area contributed by atoms with Crippen molar-refractivity contribution in [2.24, 2.45) is 0 Å². The number of halogens is 1. The van der Waals surface area contributed by atoms with E-state index in [-0.39, 0.29) is 0 Å². The van der Waals surface area contributed by atoms with Gasteiger partial charge in [-0.3, -0.25) is 0 Å². The van der Waals surface area contributed by atoms with E-state index in [9.17, 15) is 3.83 Å². The fourth-order valence-electron chi connectivity index (χ4n) is 0.586. The Bertz CT molecular complexity index is 262. The zero-order valence-electron chi connectivity index (χ0n) is 4.95. The van der Waals surface area contributed by atoms with E-state index in [1.54, 1.807) is 24.3 Å². The number of hydrogen-bond donors (Lipinski definition) is 1. The zero-order chi connectivity index (χ0) is 7.56. The molecule has 4 heteroatoms. The van der Waals surface area contributed by atoms with Crippen LogP contribution in [0.4, 0.5) is 0 Å². The van der Waals surface area contributed by atoms with Crippen LogP contribution in [0.15, 0.2) is 24.3 Å². The summed E-state index contributed by atoms with van der Waals surface area (Å²) in [5.41, 5.74) is 0. The van der Waals surface area contributed by atoms with Gasteiger partial charge in [0.2, 0.25) is 0 Å².